The predicted octanol–water partition coefficient (Wildman–Crippen LogP) is 1.14. The average Bonchev–Trinajstić information content (AvgIpc) is 2.62. The molecule has 2 heteroatoms. The lowest BCUT2D eigenvalue weighted by Crippen LogP contribution is -1.93. The van der Waals surface area contributed by atoms with Crippen LogP contribution in [0.4, 0.5) is 0 Å². The third-order valence-electron chi connectivity index (χ3n) is 1.60. The van der Waals surface area contributed by atoms with E-state index in [1.807, 2.05) is 0 Å². The van der Waals surface area contributed by atoms with Crippen molar-refractivity contribution in [3.05, 3.63) is 0 Å². The maximum Gasteiger partial charge on any atom is 0.151 e. The van der Waals surface area contributed by atoms with Crippen LogP contribution in [0.5, 0.6) is 0 Å². The van der Waals surface area contributed by atoms with Crippen LogP contribution >= 0.6 is 0 Å². The van der Waals surface area contributed by atoms with Crippen molar-refractivity contribution in [1.29, 1.82) is 0 Å². The van der Waals surface area contributed by atoms with Crippen molar-refractivity contribution < 1.29 is 9.53 Å². The molecule has 1 aliphatic rings. The Morgan fingerprint density at radius 3 is 2.89 bits per heavy atom. The molecule has 0 radical (unpaired) electrons. The highest BCUT2D eigenvalue weighted by Gasteiger charge is 2.37. The molecule has 0 saturated carbocycles. The number of ether oxygens (including phenoxy) is 1. The molecule has 0 amide bonds. The van der Waals surface area contributed by atoms with Gasteiger partial charge in [-0.1, -0.05) is 19.8 Å². The normalized spacial score (nSPS) is 32.1. The minimum absolute atomic E-state index is 0.0588. The molecular formula is C7H12O2. The van der Waals surface area contributed by atoms with Crippen LogP contribution in [-0.4, -0.2) is 18.5 Å². The number of aldehydes is 1. The molecule has 1 fully saturated rings. The minimum atomic E-state index is -0.0588. The summed E-state index contributed by atoms with van der Waals surface area (Å²) in [4.78, 5) is 10.0. The Morgan fingerprint density at radius 2 is 2.44 bits per heavy atom. The first-order chi connectivity index (χ1) is 4.38. The Hall–Kier alpha value is -0.370. The summed E-state index contributed by atoms with van der Waals surface area (Å²) in [5, 5.41) is 0. The van der Waals surface area contributed by atoms with Gasteiger partial charge < -0.3 is 9.53 Å². The fourth-order valence-corrected chi connectivity index (χ4v) is 0.914. The number of rotatable bonds is 4. The van der Waals surface area contributed by atoms with Crippen LogP contribution < -0.4 is 0 Å². The lowest BCUT2D eigenvalue weighted by molar-refractivity contribution is -0.108. The summed E-state index contributed by atoms with van der Waals surface area (Å²) in [5.74, 6) is 0. The molecule has 2 atom stereocenters. The highest BCUT2D eigenvalue weighted by Crippen LogP contribution is 2.24. The predicted molar refractivity (Wildman–Crippen MR) is 34.2 cm³/mol. The SMILES string of the molecule is CCCC[C@H]1O[C@@H]1C=O. The Bertz CT molecular complexity index is 101. The zero-order chi connectivity index (χ0) is 6.69. The molecule has 0 unspecified atom stereocenters. The molecule has 1 saturated heterocycles. The zero-order valence-corrected chi connectivity index (χ0v) is 5.67. The van der Waals surface area contributed by atoms with Crippen LogP contribution in [0.2, 0.25) is 0 Å². The first kappa shape index (κ1) is 6.75. The van der Waals surface area contributed by atoms with Gasteiger partial charge in [0.05, 0.1) is 6.10 Å². The molecule has 9 heavy (non-hydrogen) atoms. The fourth-order valence-electron chi connectivity index (χ4n) is 0.914. The monoisotopic (exact) mass is 128 g/mol. The van der Waals surface area contributed by atoms with Gasteiger partial charge in [0.25, 0.3) is 0 Å². The van der Waals surface area contributed by atoms with Gasteiger partial charge in [0.1, 0.15) is 6.10 Å². The molecule has 0 aliphatic carbocycles. The minimum Gasteiger partial charge on any atom is -0.362 e. The summed E-state index contributed by atoms with van der Waals surface area (Å²) in [5.41, 5.74) is 0. The molecule has 0 N–H and O–H groups in total. The summed E-state index contributed by atoms with van der Waals surface area (Å²) >= 11 is 0. The topological polar surface area (TPSA) is 29.6 Å². The van der Waals surface area contributed by atoms with E-state index < -0.39 is 0 Å². The third-order valence-corrected chi connectivity index (χ3v) is 1.60. The molecule has 0 bridgehead atoms. The summed E-state index contributed by atoms with van der Waals surface area (Å²) < 4.78 is 5.00. The van der Waals surface area contributed by atoms with E-state index in [1.165, 1.54) is 12.8 Å². The van der Waals surface area contributed by atoms with Gasteiger partial charge in [0, 0.05) is 0 Å². The van der Waals surface area contributed by atoms with Gasteiger partial charge >= 0.3 is 0 Å². The van der Waals surface area contributed by atoms with Gasteiger partial charge in [0.2, 0.25) is 0 Å². The van der Waals surface area contributed by atoms with E-state index in [0.29, 0.717) is 0 Å². The Morgan fingerprint density at radius 1 is 1.67 bits per heavy atom. The van der Waals surface area contributed by atoms with E-state index >= 15 is 0 Å². The molecule has 1 heterocycles. The molecular weight excluding hydrogens is 116 g/mol. The average molecular weight is 128 g/mol. The largest absolute Gasteiger partial charge is 0.362 e. The molecule has 0 aromatic heterocycles. The molecule has 1 aliphatic heterocycles. The summed E-state index contributed by atoms with van der Waals surface area (Å²) in [6.07, 6.45) is 4.51. The van der Waals surface area contributed by atoms with Crippen LogP contribution in [0.1, 0.15) is 26.2 Å². The second-order valence-corrected chi connectivity index (χ2v) is 2.42. The van der Waals surface area contributed by atoms with Crippen molar-refractivity contribution in [2.45, 2.75) is 38.4 Å². The molecule has 0 aromatic rings. The first-order valence-electron chi connectivity index (χ1n) is 3.49. The van der Waals surface area contributed by atoms with Crippen molar-refractivity contribution in [3.63, 3.8) is 0 Å². The second kappa shape index (κ2) is 2.97. The standard InChI is InChI=1S/C7H12O2/c1-2-3-4-6-7(5-8)9-6/h5-7H,2-4H2,1H3/t6-,7-/m1/s1. The third kappa shape index (κ3) is 1.79. The zero-order valence-electron chi connectivity index (χ0n) is 5.67. The van der Waals surface area contributed by atoms with Gasteiger partial charge in [-0.25, -0.2) is 0 Å². The van der Waals surface area contributed by atoms with E-state index in [4.69, 9.17) is 4.74 Å². The summed E-state index contributed by atoms with van der Waals surface area (Å²) in [6, 6.07) is 0. The maximum atomic E-state index is 10.0. The van der Waals surface area contributed by atoms with Crippen LogP contribution in [0.25, 0.3) is 0 Å². The van der Waals surface area contributed by atoms with E-state index in [2.05, 4.69) is 6.92 Å². The number of hydrogen-bond acceptors (Lipinski definition) is 2. The molecule has 0 aromatic carbocycles. The summed E-state index contributed by atoms with van der Waals surface area (Å²) in [7, 11) is 0. The van der Waals surface area contributed by atoms with Crippen molar-refractivity contribution in [2.24, 2.45) is 0 Å². The molecule has 52 valence electrons. The summed E-state index contributed by atoms with van der Waals surface area (Å²) in [6.45, 7) is 2.14. The molecule has 1 rings (SSSR count). The van der Waals surface area contributed by atoms with Crippen molar-refractivity contribution in [2.75, 3.05) is 0 Å². The number of carbonyl (C=O) groups excluding carboxylic acids is 1. The quantitative estimate of drug-likeness (QED) is 0.419. The molecule has 2 nitrogen and oxygen atoms in total. The Kier molecular flexibility index (Phi) is 2.22. The Labute approximate surface area is 55.2 Å². The number of unbranched alkanes of at least 4 members (excludes halogenated alkanes) is 1. The number of hydrogen-bond donors (Lipinski definition) is 0. The smallest absolute Gasteiger partial charge is 0.151 e. The van der Waals surface area contributed by atoms with Crippen molar-refractivity contribution in [1.82, 2.24) is 0 Å². The van der Waals surface area contributed by atoms with Gasteiger partial charge in [-0.05, 0) is 6.42 Å². The lowest BCUT2D eigenvalue weighted by Gasteiger charge is -1.87. The van der Waals surface area contributed by atoms with E-state index in [0.717, 1.165) is 12.7 Å². The van der Waals surface area contributed by atoms with Crippen molar-refractivity contribution >= 4 is 6.29 Å². The van der Waals surface area contributed by atoms with Crippen LogP contribution in [0, 0.1) is 0 Å². The van der Waals surface area contributed by atoms with E-state index in [9.17, 15) is 4.79 Å². The highest BCUT2D eigenvalue weighted by molar-refractivity contribution is 5.60. The highest BCUT2D eigenvalue weighted by atomic mass is 16.6. The van der Waals surface area contributed by atoms with E-state index in [-0.39, 0.29) is 12.2 Å². The van der Waals surface area contributed by atoms with E-state index in [1.54, 1.807) is 0 Å². The maximum absolute atomic E-state index is 10.0. The van der Waals surface area contributed by atoms with Crippen molar-refractivity contribution in [3.8, 4) is 0 Å². The lowest BCUT2D eigenvalue weighted by atomic mass is 10.2. The van der Waals surface area contributed by atoms with Crippen LogP contribution in [-0.2, 0) is 9.53 Å². The Balaban J connectivity index is 1.98. The van der Waals surface area contributed by atoms with Crippen LogP contribution in [0.15, 0.2) is 0 Å². The van der Waals surface area contributed by atoms with Gasteiger partial charge in [-0.15, -0.1) is 0 Å². The van der Waals surface area contributed by atoms with Gasteiger partial charge in [0.15, 0.2) is 6.29 Å². The molecule has 0 spiro atoms. The number of epoxide rings is 1. The first-order valence-corrected chi connectivity index (χ1v) is 3.49. The van der Waals surface area contributed by atoms with Gasteiger partial charge in [-0.2, -0.15) is 0 Å². The van der Waals surface area contributed by atoms with Crippen LogP contribution in [0.3, 0.4) is 0 Å². The number of carbonyl (C=O) groups is 1. The van der Waals surface area contributed by atoms with Gasteiger partial charge in [-0.3, -0.25) is 0 Å². The second-order valence-electron chi connectivity index (χ2n) is 2.42. The fraction of sp³-hybridized carbons (Fsp3) is 0.857.